The summed E-state index contributed by atoms with van der Waals surface area (Å²) in [5.41, 5.74) is 4.09. The molecule has 4 aromatic rings. The molecule has 34 heavy (non-hydrogen) atoms. The van der Waals surface area contributed by atoms with Crippen molar-refractivity contribution in [1.29, 1.82) is 0 Å². The molecule has 1 amide bonds. The van der Waals surface area contributed by atoms with Crippen molar-refractivity contribution >= 4 is 27.7 Å². The summed E-state index contributed by atoms with van der Waals surface area (Å²) in [5, 5.41) is 9.07. The smallest absolute Gasteiger partial charge is 0.291 e. The Bertz CT molecular complexity index is 1400. The van der Waals surface area contributed by atoms with Gasteiger partial charge >= 0.3 is 0 Å². The van der Waals surface area contributed by atoms with Crippen LogP contribution < -0.4 is 10.9 Å². The number of carbonyl (C=O) groups is 1. The fraction of sp³-hybridized carbons (Fsp3) is 0.370. The molecule has 0 spiro atoms. The maximum atomic E-state index is 13.3. The van der Waals surface area contributed by atoms with Crippen LogP contribution in [0.2, 0.25) is 0 Å². The summed E-state index contributed by atoms with van der Waals surface area (Å²) in [6.07, 6.45) is 4.28. The van der Waals surface area contributed by atoms with Gasteiger partial charge in [0, 0.05) is 44.0 Å². The molecule has 5 rings (SSSR count). The first-order valence-electron chi connectivity index (χ1n) is 12.1. The average Bonchev–Trinajstić information content (AvgIpc) is 3.19. The minimum atomic E-state index is -0.459. The fourth-order valence-electron chi connectivity index (χ4n) is 5.17. The van der Waals surface area contributed by atoms with E-state index in [2.05, 4.69) is 39.6 Å². The van der Waals surface area contributed by atoms with Crippen LogP contribution in [0.15, 0.2) is 59.5 Å². The number of aromatic nitrogens is 3. The van der Waals surface area contributed by atoms with Crippen LogP contribution in [0.5, 0.6) is 0 Å². The molecular weight excluding hydrogens is 426 g/mol. The molecule has 7 heteroatoms. The summed E-state index contributed by atoms with van der Waals surface area (Å²) in [6.45, 7) is 5.58. The normalized spacial score (nSPS) is 14.9. The molecular formula is C27H31N5O2. The minimum Gasteiger partial charge on any atom is -0.354 e. The highest BCUT2D eigenvalue weighted by Crippen LogP contribution is 2.30. The zero-order valence-corrected chi connectivity index (χ0v) is 19.8. The lowest BCUT2D eigenvalue weighted by atomic mass is 10.00. The Balaban J connectivity index is 1.30. The van der Waals surface area contributed by atoms with E-state index in [0.717, 1.165) is 48.8 Å². The average molecular weight is 458 g/mol. The van der Waals surface area contributed by atoms with E-state index in [0.29, 0.717) is 18.5 Å². The molecule has 0 unspecified atom stereocenters. The molecule has 0 saturated carbocycles. The van der Waals surface area contributed by atoms with Crippen molar-refractivity contribution in [3.63, 3.8) is 0 Å². The quantitative estimate of drug-likeness (QED) is 0.432. The third-order valence-electron chi connectivity index (χ3n) is 6.97. The van der Waals surface area contributed by atoms with Gasteiger partial charge in [-0.2, -0.15) is 5.10 Å². The molecule has 1 aliphatic rings. The van der Waals surface area contributed by atoms with Gasteiger partial charge in [0.15, 0.2) is 0 Å². The van der Waals surface area contributed by atoms with Crippen LogP contribution in [-0.2, 0) is 24.8 Å². The highest BCUT2D eigenvalue weighted by atomic mass is 16.2. The highest BCUT2D eigenvalue weighted by Gasteiger charge is 2.25. The molecule has 3 heterocycles. The number of benzene rings is 2. The van der Waals surface area contributed by atoms with Gasteiger partial charge in [0.2, 0.25) is 5.91 Å². The predicted molar refractivity (Wildman–Crippen MR) is 135 cm³/mol. The molecule has 2 aromatic heterocycles. The maximum absolute atomic E-state index is 13.3. The van der Waals surface area contributed by atoms with Gasteiger partial charge in [-0.25, -0.2) is 4.68 Å². The lowest BCUT2D eigenvalue weighted by molar-refractivity contribution is -0.124. The van der Waals surface area contributed by atoms with Gasteiger partial charge in [-0.05, 0) is 36.5 Å². The highest BCUT2D eigenvalue weighted by molar-refractivity contribution is 6.08. The third-order valence-corrected chi connectivity index (χ3v) is 6.97. The number of amides is 1. The zero-order chi connectivity index (χ0) is 23.7. The number of rotatable bonds is 7. The van der Waals surface area contributed by atoms with Crippen molar-refractivity contribution in [1.82, 2.24) is 24.6 Å². The number of nitrogens with zero attached hydrogens (tertiary/aromatic N) is 4. The maximum Gasteiger partial charge on any atom is 0.291 e. The Labute approximate surface area is 199 Å². The van der Waals surface area contributed by atoms with Gasteiger partial charge in [0.05, 0.1) is 11.7 Å². The molecule has 0 radical (unpaired) electrons. The predicted octanol–water partition coefficient (Wildman–Crippen LogP) is 3.40. The second-order valence-corrected chi connectivity index (χ2v) is 9.09. The van der Waals surface area contributed by atoms with Crippen LogP contribution in [0.1, 0.15) is 36.9 Å². The topological polar surface area (TPSA) is 72.2 Å². The lowest BCUT2D eigenvalue weighted by Crippen LogP contribution is -2.36. The second-order valence-electron chi connectivity index (χ2n) is 9.09. The van der Waals surface area contributed by atoms with Crippen LogP contribution >= 0.6 is 0 Å². The Morgan fingerprint density at radius 3 is 2.68 bits per heavy atom. The van der Waals surface area contributed by atoms with Crippen LogP contribution in [0.3, 0.4) is 0 Å². The number of aryl methyl sites for hydroxylation is 1. The Morgan fingerprint density at radius 1 is 1.09 bits per heavy atom. The van der Waals surface area contributed by atoms with E-state index in [1.54, 1.807) is 13.2 Å². The molecule has 1 N–H and O–H groups in total. The van der Waals surface area contributed by atoms with Crippen molar-refractivity contribution < 1.29 is 4.79 Å². The SMILES string of the molecule is CC[C@@H](C(=O)NCCCN1CCc2ccccc2C1)n1c2ccccc2c2cnn(C)c(=O)c21. The van der Waals surface area contributed by atoms with Gasteiger partial charge in [0.25, 0.3) is 5.56 Å². The summed E-state index contributed by atoms with van der Waals surface area (Å²) < 4.78 is 3.24. The van der Waals surface area contributed by atoms with Gasteiger partial charge in [-0.3, -0.25) is 14.5 Å². The molecule has 1 aliphatic heterocycles. The number of carbonyl (C=O) groups excluding carboxylic acids is 1. The molecule has 0 saturated heterocycles. The van der Waals surface area contributed by atoms with E-state index in [4.69, 9.17) is 0 Å². The van der Waals surface area contributed by atoms with E-state index >= 15 is 0 Å². The molecule has 0 fully saturated rings. The second kappa shape index (κ2) is 9.43. The Hall–Kier alpha value is -3.45. The summed E-state index contributed by atoms with van der Waals surface area (Å²) in [5.74, 6) is -0.0481. The van der Waals surface area contributed by atoms with Crippen LogP contribution in [-0.4, -0.2) is 44.8 Å². The van der Waals surface area contributed by atoms with Crippen molar-refractivity contribution in [2.45, 2.75) is 38.8 Å². The largest absolute Gasteiger partial charge is 0.354 e. The summed E-state index contributed by atoms with van der Waals surface area (Å²) in [6, 6.07) is 16.0. The van der Waals surface area contributed by atoms with E-state index in [1.165, 1.54) is 15.8 Å². The first-order chi connectivity index (χ1) is 16.6. The van der Waals surface area contributed by atoms with E-state index < -0.39 is 6.04 Å². The molecule has 176 valence electrons. The first kappa shape index (κ1) is 22.3. The van der Waals surface area contributed by atoms with Crippen molar-refractivity contribution in [3.05, 3.63) is 76.2 Å². The molecule has 0 aliphatic carbocycles. The molecule has 2 aromatic carbocycles. The van der Waals surface area contributed by atoms with Crippen LogP contribution in [0.4, 0.5) is 0 Å². The number of hydrogen-bond acceptors (Lipinski definition) is 4. The van der Waals surface area contributed by atoms with Crippen molar-refractivity contribution in [2.75, 3.05) is 19.6 Å². The lowest BCUT2D eigenvalue weighted by Gasteiger charge is -2.28. The molecule has 7 nitrogen and oxygen atoms in total. The summed E-state index contributed by atoms with van der Waals surface area (Å²) in [7, 11) is 1.64. The number of hydrogen-bond donors (Lipinski definition) is 1. The number of fused-ring (bicyclic) bond motifs is 4. The Morgan fingerprint density at radius 2 is 1.85 bits per heavy atom. The third kappa shape index (κ3) is 4.01. The summed E-state index contributed by atoms with van der Waals surface area (Å²) >= 11 is 0. The molecule has 0 bridgehead atoms. The fourth-order valence-corrected chi connectivity index (χ4v) is 5.17. The monoisotopic (exact) mass is 457 g/mol. The van der Waals surface area contributed by atoms with Crippen LogP contribution in [0, 0.1) is 0 Å². The zero-order valence-electron chi connectivity index (χ0n) is 19.8. The van der Waals surface area contributed by atoms with Crippen molar-refractivity contribution in [2.24, 2.45) is 7.05 Å². The van der Waals surface area contributed by atoms with Crippen molar-refractivity contribution in [3.8, 4) is 0 Å². The Kier molecular flexibility index (Phi) is 6.20. The van der Waals surface area contributed by atoms with Gasteiger partial charge < -0.3 is 9.88 Å². The first-order valence-corrected chi connectivity index (χ1v) is 12.1. The van der Waals surface area contributed by atoms with E-state index in [-0.39, 0.29) is 11.5 Å². The van der Waals surface area contributed by atoms with Gasteiger partial charge in [-0.15, -0.1) is 0 Å². The van der Waals surface area contributed by atoms with E-state index in [1.807, 2.05) is 35.8 Å². The molecule has 1 atom stereocenters. The number of para-hydroxylation sites is 1. The summed E-state index contributed by atoms with van der Waals surface area (Å²) in [4.78, 5) is 28.8. The minimum absolute atomic E-state index is 0.0481. The van der Waals surface area contributed by atoms with Gasteiger partial charge in [0.1, 0.15) is 11.6 Å². The number of nitrogens with one attached hydrogen (secondary N) is 1. The van der Waals surface area contributed by atoms with Crippen LogP contribution in [0.25, 0.3) is 21.8 Å². The van der Waals surface area contributed by atoms with Gasteiger partial charge in [-0.1, -0.05) is 49.4 Å². The standard InChI is InChI=1S/C27H31N5O2/c1-3-23(26(33)28-14-8-15-31-16-13-19-9-4-5-10-20(19)18-31)32-24-12-7-6-11-21(24)22-17-29-30(2)27(34)25(22)32/h4-7,9-12,17,23H,3,8,13-16,18H2,1-2H3,(H,28,33)/t23-/m0/s1. The van der Waals surface area contributed by atoms with E-state index in [9.17, 15) is 9.59 Å².